The normalized spacial score (nSPS) is 11.1. The van der Waals surface area contributed by atoms with Crippen molar-refractivity contribution < 1.29 is 22.7 Å². The van der Waals surface area contributed by atoms with Gasteiger partial charge in [-0.2, -0.15) is 0 Å². The Bertz CT molecular complexity index is 817. The van der Waals surface area contributed by atoms with E-state index in [-0.39, 0.29) is 22.0 Å². The van der Waals surface area contributed by atoms with Crippen molar-refractivity contribution in [1.82, 2.24) is 10.0 Å². The zero-order chi connectivity index (χ0) is 17.7. The van der Waals surface area contributed by atoms with Crippen LogP contribution in [-0.2, 0) is 16.6 Å². The quantitative estimate of drug-likeness (QED) is 0.772. The lowest BCUT2D eigenvalue weighted by Crippen LogP contribution is -2.24. The summed E-state index contributed by atoms with van der Waals surface area (Å²) in [6, 6.07) is 6.35. The van der Waals surface area contributed by atoms with E-state index in [9.17, 15) is 13.2 Å². The van der Waals surface area contributed by atoms with E-state index in [1.165, 1.54) is 44.7 Å². The van der Waals surface area contributed by atoms with Crippen LogP contribution in [0.3, 0.4) is 0 Å². The number of benzene rings is 1. The first-order valence-electron chi connectivity index (χ1n) is 6.93. The van der Waals surface area contributed by atoms with Gasteiger partial charge in [0.25, 0.3) is 5.91 Å². The Morgan fingerprint density at radius 2 is 2.00 bits per heavy atom. The van der Waals surface area contributed by atoms with E-state index in [1.54, 1.807) is 0 Å². The molecular formula is C15H18N2O5S2. The summed E-state index contributed by atoms with van der Waals surface area (Å²) in [4.78, 5) is 13.4. The van der Waals surface area contributed by atoms with Crippen LogP contribution in [0.2, 0.25) is 0 Å². The van der Waals surface area contributed by atoms with Crippen LogP contribution in [0, 0.1) is 0 Å². The standard InChI is InChI=1S/C15H18N2O5S2/c1-16-24(19,20)11-7-12(14(22-3)13(8-11)21-2)15(18)17-9-10-5-4-6-23-10/h4-8,16H,9H2,1-3H3,(H,17,18). The van der Waals surface area contributed by atoms with Crippen LogP contribution >= 0.6 is 11.3 Å². The van der Waals surface area contributed by atoms with E-state index < -0.39 is 15.9 Å². The van der Waals surface area contributed by atoms with Gasteiger partial charge < -0.3 is 14.8 Å². The highest BCUT2D eigenvalue weighted by Gasteiger charge is 2.23. The Morgan fingerprint density at radius 1 is 1.25 bits per heavy atom. The van der Waals surface area contributed by atoms with Crippen molar-refractivity contribution >= 4 is 27.3 Å². The molecule has 0 radical (unpaired) electrons. The number of amides is 1. The molecule has 0 saturated heterocycles. The van der Waals surface area contributed by atoms with E-state index >= 15 is 0 Å². The number of thiophene rings is 1. The van der Waals surface area contributed by atoms with Crippen LogP contribution in [0.15, 0.2) is 34.5 Å². The fourth-order valence-corrected chi connectivity index (χ4v) is 3.47. The molecule has 0 aliphatic heterocycles. The first-order chi connectivity index (χ1) is 11.4. The second-order valence-electron chi connectivity index (χ2n) is 4.68. The van der Waals surface area contributed by atoms with E-state index in [1.807, 2.05) is 17.5 Å². The zero-order valence-electron chi connectivity index (χ0n) is 13.5. The van der Waals surface area contributed by atoms with Crippen molar-refractivity contribution in [2.24, 2.45) is 0 Å². The second kappa shape index (κ2) is 7.65. The maximum atomic E-state index is 12.5. The molecule has 9 heteroatoms. The lowest BCUT2D eigenvalue weighted by Gasteiger charge is -2.15. The number of sulfonamides is 1. The van der Waals surface area contributed by atoms with Crippen LogP contribution in [0.5, 0.6) is 11.5 Å². The lowest BCUT2D eigenvalue weighted by atomic mass is 10.1. The predicted octanol–water partition coefficient (Wildman–Crippen LogP) is 1.60. The van der Waals surface area contributed by atoms with Crippen LogP contribution in [0.1, 0.15) is 15.2 Å². The largest absolute Gasteiger partial charge is 0.493 e. The fourth-order valence-electron chi connectivity index (χ4n) is 2.06. The molecule has 1 heterocycles. The van der Waals surface area contributed by atoms with Gasteiger partial charge in [-0.05, 0) is 24.6 Å². The minimum atomic E-state index is -3.73. The van der Waals surface area contributed by atoms with E-state index in [4.69, 9.17) is 9.47 Å². The summed E-state index contributed by atoms with van der Waals surface area (Å²) < 4.78 is 36.7. The molecule has 0 spiro atoms. The Balaban J connectivity index is 2.42. The number of hydrogen-bond donors (Lipinski definition) is 2. The lowest BCUT2D eigenvalue weighted by molar-refractivity contribution is 0.0947. The minimum absolute atomic E-state index is 0.0797. The topological polar surface area (TPSA) is 93.7 Å². The van der Waals surface area contributed by atoms with Gasteiger partial charge in [0, 0.05) is 10.9 Å². The van der Waals surface area contributed by atoms with Crippen molar-refractivity contribution in [3.8, 4) is 11.5 Å². The van der Waals surface area contributed by atoms with Crippen molar-refractivity contribution in [2.75, 3.05) is 21.3 Å². The van der Waals surface area contributed by atoms with Gasteiger partial charge in [-0.3, -0.25) is 4.79 Å². The molecule has 1 aromatic carbocycles. The van der Waals surface area contributed by atoms with Gasteiger partial charge in [-0.25, -0.2) is 13.1 Å². The number of hydrogen-bond acceptors (Lipinski definition) is 6. The molecule has 1 aromatic heterocycles. The molecule has 2 aromatic rings. The van der Waals surface area contributed by atoms with Crippen LogP contribution in [0.4, 0.5) is 0 Å². The summed E-state index contributed by atoms with van der Waals surface area (Å²) in [5.41, 5.74) is 0.0854. The number of carbonyl (C=O) groups excluding carboxylic acids is 1. The Labute approximate surface area is 144 Å². The monoisotopic (exact) mass is 370 g/mol. The number of carbonyl (C=O) groups is 1. The van der Waals surface area contributed by atoms with Crippen LogP contribution in [-0.4, -0.2) is 35.6 Å². The summed E-state index contributed by atoms with van der Waals surface area (Å²) in [6.07, 6.45) is 0. The van der Waals surface area contributed by atoms with Crippen LogP contribution < -0.4 is 19.5 Å². The number of methoxy groups -OCH3 is 2. The molecule has 130 valence electrons. The Kier molecular flexibility index (Phi) is 5.81. The summed E-state index contributed by atoms with van der Waals surface area (Å²) in [7, 11) is 0.326. The third kappa shape index (κ3) is 3.86. The van der Waals surface area contributed by atoms with Crippen molar-refractivity contribution in [3.63, 3.8) is 0 Å². The van der Waals surface area contributed by atoms with Crippen molar-refractivity contribution in [3.05, 3.63) is 40.1 Å². The van der Waals surface area contributed by atoms with Gasteiger partial charge in [0.1, 0.15) is 0 Å². The van der Waals surface area contributed by atoms with Gasteiger partial charge in [0.15, 0.2) is 11.5 Å². The summed E-state index contributed by atoms with van der Waals surface area (Å²) in [5.74, 6) is -0.113. The fraction of sp³-hybridized carbons (Fsp3) is 0.267. The van der Waals surface area contributed by atoms with Gasteiger partial charge in [0.05, 0.1) is 31.2 Å². The van der Waals surface area contributed by atoms with Crippen molar-refractivity contribution in [1.29, 1.82) is 0 Å². The van der Waals surface area contributed by atoms with Gasteiger partial charge in [-0.15, -0.1) is 11.3 Å². The molecule has 0 unspecified atom stereocenters. The van der Waals surface area contributed by atoms with Gasteiger partial charge in [0.2, 0.25) is 10.0 Å². The minimum Gasteiger partial charge on any atom is -0.493 e. The molecule has 24 heavy (non-hydrogen) atoms. The zero-order valence-corrected chi connectivity index (χ0v) is 15.1. The maximum absolute atomic E-state index is 12.5. The summed E-state index contributed by atoms with van der Waals surface area (Å²) >= 11 is 1.51. The SMILES string of the molecule is CNS(=O)(=O)c1cc(OC)c(OC)c(C(=O)NCc2cccs2)c1. The first kappa shape index (κ1) is 18.2. The highest BCUT2D eigenvalue weighted by atomic mass is 32.2. The molecule has 0 bridgehead atoms. The first-order valence-corrected chi connectivity index (χ1v) is 9.29. The van der Waals surface area contributed by atoms with Crippen molar-refractivity contribution in [2.45, 2.75) is 11.4 Å². The Hall–Kier alpha value is -2.10. The number of nitrogens with one attached hydrogen (secondary N) is 2. The Morgan fingerprint density at radius 3 is 2.54 bits per heavy atom. The van der Waals surface area contributed by atoms with E-state index in [0.29, 0.717) is 6.54 Å². The predicted molar refractivity (Wildman–Crippen MR) is 91.3 cm³/mol. The third-order valence-electron chi connectivity index (χ3n) is 3.28. The summed E-state index contributed by atoms with van der Waals surface area (Å²) in [5, 5.41) is 4.65. The maximum Gasteiger partial charge on any atom is 0.255 e. The molecule has 0 aliphatic carbocycles. The molecule has 0 atom stereocenters. The smallest absolute Gasteiger partial charge is 0.255 e. The van der Waals surface area contributed by atoms with E-state index in [0.717, 1.165) is 4.88 Å². The number of rotatable bonds is 7. The third-order valence-corrected chi connectivity index (χ3v) is 5.55. The average molecular weight is 370 g/mol. The molecular weight excluding hydrogens is 352 g/mol. The highest BCUT2D eigenvalue weighted by molar-refractivity contribution is 7.89. The average Bonchev–Trinajstić information content (AvgIpc) is 3.11. The molecule has 7 nitrogen and oxygen atoms in total. The van der Waals surface area contributed by atoms with Crippen LogP contribution in [0.25, 0.3) is 0 Å². The van der Waals surface area contributed by atoms with Gasteiger partial charge in [-0.1, -0.05) is 6.07 Å². The molecule has 2 N–H and O–H groups in total. The van der Waals surface area contributed by atoms with Gasteiger partial charge >= 0.3 is 0 Å². The molecule has 2 rings (SSSR count). The molecule has 0 aliphatic rings. The van der Waals surface area contributed by atoms with E-state index in [2.05, 4.69) is 10.0 Å². The molecule has 1 amide bonds. The summed E-state index contributed by atoms with van der Waals surface area (Å²) in [6.45, 7) is 0.338. The second-order valence-corrected chi connectivity index (χ2v) is 7.59. The number of ether oxygens (including phenoxy) is 2. The highest BCUT2D eigenvalue weighted by Crippen LogP contribution is 2.34. The molecule has 0 saturated carbocycles. The molecule has 0 fully saturated rings.